The Bertz CT molecular complexity index is 913. The maximum atomic E-state index is 12.0. The van der Waals surface area contributed by atoms with Crippen molar-refractivity contribution in [3.63, 3.8) is 0 Å². The first-order valence-corrected chi connectivity index (χ1v) is 7.51. The van der Waals surface area contributed by atoms with E-state index in [2.05, 4.69) is 0 Å². The summed E-state index contributed by atoms with van der Waals surface area (Å²) >= 11 is 0. The Morgan fingerprint density at radius 1 is 1.09 bits per heavy atom. The van der Waals surface area contributed by atoms with Gasteiger partial charge in [0.25, 0.3) is 0 Å². The number of fused-ring (bicyclic) bond motifs is 1. The molecule has 0 atom stereocenters. The highest BCUT2D eigenvalue weighted by atomic mass is 16.4. The maximum Gasteiger partial charge on any atom is 0.338 e. The molecule has 0 aliphatic heterocycles. The summed E-state index contributed by atoms with van der Waals surface area (Å²) in [6.45, 7) is 4.22. The third-order valence-corrected chi connectivity index (χ3v) is 3.80. The third-order valence-electron chi connectivity index (χ3n) is 3.80. The number of hydrogen-bond donors (Lipinski definition) is 0. The molecule has 3 rings (SSSR count). The van der Waals surface area contributed by atoms with Gasteiger partial charge in [-0.3, -0.25) is 4.79 Å². The van der Waals surface area contributed by atoms with Gasteiger partial charge in [0.05, 0.1) is 5.69 Å². The molecule has 3 aromatic rings. The van der Waals surface area contributed by atoms with Crippen molar-refractivity contribution in [3.05, 3.63) is 70.6 Å². The van der Waals surface area contributed by atoms with E-state index in [1.165, 1.54) is 13.0 Å². The maximum absolute atomic E-state index is 12.0. The van der Waals surface area contributed by atoms with Crippen LogP contribution in [0.15, 0.2) is 63.8 Å². The number of para-hydroxylation sites is 1. The van der Waals surface area contributed by atoms with Crippen LogP contribution >= 0.6 is 0 Å². The van der Waals surface area contributed by atoms with Crippen LogP contribution in [0.2, 0.25) is 0 Å². The average molecular weight is 307 g/mol. The number of ketones is 1. The molecule has 116 valence electrons. The van der Waals surface area contributed by atoms with Crippen LogP contribution in [0.1, 0.15) is 24.2 Å². The average Bonchev–Trinajstić information content (AvgIpc) is 2.55. The van der Waals surface area contributed by atoms with Crippen molar-refractivity contribution in [2.75, 3.05) is 11.4 Å². The smallest absolute Gasteiger partial charge is 0.338 e. The molecule has 0 aliphatic rings. The lowest BCUT2D eigenvalue weighted by atomic mass is 10.1. The van der Waals surface area contributed by atoms with Gasteiger partial charge in [0.2, 0.25) is 0 Å². The van der Waals surface area contributed by atoms with Crippen molar-refractivity contribution < 1.29 is 9.21 Å². The second kappa shape index (κ2) is 6.08. The molecule has 0 N–H and O–H groups in total. The number of carbonyl (C=O) groups is 1. The number of carbonyl (C=O) groups excluding carboxylic acids is 1. The monoisotopic (exact) mass is 307 g/mol. The van der Waals surface area contributed by atoms with Gasteiger partial charge in [-0.25, -0.2) is 4.79 Å². The summed E-state index contributed by atoms with van der Waals surface area (Å²) in [6.07, 6.45) is 0. The van der Waals surface area contributed by atoms with Gasteiger partial charge < -0.3 is 9.32 Å². The van der Waals surface area contributed by atoms with Gasteiger partial charge in [-0.2, -0.15) is 0 Å². The Hall–Kier alpha value is -2.88. The van der Waals surface area contributed by atoms with Crippen molar-refractivity contribution in [2.24, 2.45) is 0 Å². The van der Waals surface area contributed by atoms with Crippen molar-refractivity contribution in [1.29, 1.82) is 0 Å². The molecule has 23 heavy (non-hydrogen) atoms. The summed E-state index contributed by atoms with van der Waals surface area (Å²) in [5.41, 5.74) is 2.30. The van der Waals surface area contributed by atoms with Crippen LogP contribution < -0.4 is 10.5 Å². The van der Waals surface area contributed by atoms with Gasteiger partial charge >= 0.3 is 5.63 Å². The van der Waals surface area contributed by atoms with E-state index >= 15 is 0 Å². The Balaban J connectivity index is 2.24. The van der Waals surface area contributed by atoms with Gasteiger partial charge in [0, 0.05) is 29.2 Å². The first kappa shape index (κ1) is 15.0. The fourth-order valence-corrected chi connectivity index (χ4v) is 2.69. The van der Waals surface area contributed by atoms with Gasteiger partial charge in [-0.05, 0) is 38.1 Å². The number of hydrogen-bond acceptors (Lipinski definition) is 4. The highest BCUT2D eigenvalue weighted by molar-refractivity contribution is 6.00. The summed E-state index contributed by atoms with van der Waals surface area (Å²) in [6, 6.07) is 16.6. The third kappa shape index (κ3) is 2.88. The van der Waals surface area contributed by atoms with Crippen LogP contribution in [-0.2, 0) is 0 Å². The molecule has 1 aromatic heterocycles. The van der Waals surface area contributed by atoms with E-state index in [1.54, 1.807) is 12.1 Å². The van der Waals surface area contributed by atoms with E-state index in [0.29, 0.717) is 17.7 Å². The SMILES string of the molecule is CCN(c1ccccc1)c1cc(=O)oc2cc(C(C)=O)ccc12. The fraction of sp³-hybridized carbons (Fsp3) is 0.158. The van der Waals surface area contributed by atoms with Crippen LogP contribution in [0.3, 0.4) is 0 Å². The summed E-state index contributed by atoms with van der Waals surface area (Å²) < 4.78 is 5.29. The standard InChI is InChI=1S/C19H17NO3/c1-3-20(15-7-5-4-6-8-15)17-12-19(22)23-18-11-14(13(2)21)9-10-16(17)18/h4-12H,3H2,1-2H3. The number of benzene rings is 2. The van der Waals surface area contributed by atoms with Crippen LogP contribution in [0, 0.1) is 0 Å². The molecule has 1 heterocycles. The molecular weight excluding hydrogens is 290 g/mol. The van der Waals surface area contributed by atoms with Crippen LogP contribution in [-0.4, -0.2) is 12.3 Å². The van der Waals surface area contributed by atoms with Gasteiger partial charge in [-0.1, -0.05) is 24.3 Å². The highest BCUT2D eigenvalue weighted by Gasteiger charge is 2.14. The second-order valence-corrected chi connectivity index (χ2v) is 5.30. The lowest BCUT2D eigenvalue weighted by Gasteiger charge is -2.24. The molecule has 0 radical (unpaired) electrons. The second-order valence-electron chi connectivity index (χ2n) is 5.30. The first-order valence-electron chi connectivity index (χ1n) is 7.51. The minimum atomic E-state index is -0.428. The molecule has 2 aromatic carbocycles. The van der Waals surface area contributed by atoms with Crippen LogP contribution in [0.5, 0.6) is 0 Å². The molecule has 0 unspecified atom stereocenters. The Kier molecular flexibility index (Phi) is 3.98. The van der Waals surface area contributed by atoms with E-state index < -0.39 is 5.63 Å². The van der Waals surface area contributed by atoms with E-state index in [4.69, 9.17) is 4.42 Å². The van der Waals surface area contributed by atoms with Gasteiger partial charge in [0.15, 0.2) is 5.78 Å². The highest BCUT2D eigenvalue weighted by Crippen LogP contribution is 2.31. The van der Waals surface area contributed by atoms with E-state index in [1.807, 2.05) is 48.2 Å². The molecule has 0 saturated carbocycles. The predicted molar refractivity (Wildman–Crippen MR) is 91.6 cm³/mol. The van der Waals surface area contributed by atoms with Gasteiger partial charge in [-0.15, -0.1) is 0 Å². The summed E-state index contributed by atoms with van der Waals surface area (Å²) in [5.74, 6) is -0.0599. The lowest BCUT2D eigenvalue weighted by molar-refractivity contribution is 0.101. The largest absolute Gasteiger partial charge is 0.423 e. The first-order chi connectivity index (χ1) is 11.1. The zero-order valence-corrected chi connectivity index (χ0v) is 13.1. The molecule has 0 saturated heterocycles. The lowest BCUT2D eigenvalue weighted by Crippen LogP contribution is -2.18. The normalized spacial score (nSPS) is 10.7. The Morgan fingerprint density at radius 3 is 2.48 bits per heavy atom. The molecule has 0 fully saturated rings. The number of anilines is 2. The zero-order valence-electron chi connectivity index (χ0n) is 13.1. The quantitative estimate of drug-likeness (QED) is 0.536. The molecule has 0 amide bonds. The summed E-state index contributed by atoms with van der Waals surface area (Å²) in [4.78, 5) is 25.5. The number of nitrogens with zero attached hydrogens (tertiary/aromatic N) is 1. The Labute approximate surface area is 134 Å². The molecule has 0 aliphatic carbocycles. The molecular formula is C19H17NO3. The summed E-state index contributed by atoms with van der Waals surface area (Å²) in [7, 11) is 0. The van der Waals surface area contributed by atoms with Crippen LogP contribution in [0.25, 0.3) is 11.0 Å². The molecule has 0 bridgehead atoms. The van der Waals surface area contributed by atoms with E-state index in [-0.39, 0.29) is 5.78 Å². The number of Topliss-reactive ketones (excluding diaryl/α,β-unsaturated/α-hetero) is 1. The Morgan fingerprint density at radius 2 is 1.83 bits per heavy atom. The van der Waals surface area contributed by atoms with E-state index in [0.717, 1.165) is 16.8 Å². The topological polar surface area (TPSA) is 50.5 Å². The molecule has 0 spiro atoms. The van der Waals surface area contributed by atoms with Crippen LogP contribution in [0.4, 0.5) is 11.4 Å². The minimum absolute atomic E-state index is 0.0599. The molecule has 4 heteroatoms. The van der Waals surface area contributed by atoms with Crippen molar-refractivity contribution in [2.45, 2.75) is 13.8 Å². The minimum Gasteiger partial charge on any atom is -0.423 e. The van der Waals surface area contributed by atoms with Crippen molar-refractivity contribution in [3.8, 4) is 0 Å². The summed E-state index contributed by atoms with van der Waals surface area (Å²) in [5, 5.41) is 0.806. The van der Waals surface area contributed by atoms with E-state index in [9.17, 15) is 9.59 Å². The number of rotatable bonds is 4. The predicted octanol–water partition coefficient (Wildman–Crippen LogP) is 4.15. The molecule has 4 nitrogen and oxygen atoms in total. The fourth-order valence-electron chi connectivity index (χ4n) is 2.69. The van der Waals surface area contributed by atoms with Crippen molar-refractivity contribution in [1.82, 2.24) is 0 Å². The van der Waals surface area contributed by atoms with Gasteiger partial charge in [0.1, 0.15) is 5.58 Å². The zero-order chi connectivity index (χ0) is 16.4. The van der Waals surface area contributed by atoms with Crippen molar-refractivity contribution >= 4 is 28.1 Å².